The molecule has 1 heterocycles. The van der Waals surface area contributed by atoms with E-state index in [1.807, 2.05) is 0 Å². The van der Waals surface area contributed by atoms with Crippen molar-refractivity contribution < 1.29 is 19.7 Å². The molecule has 0 spiro atoms. The third kappa shape index (κ3) is 1.61. The molecule has 1 aliphatic heterocycles. The molecule has 0 aromatic heterocycles. The summed E-state index contributed by atoms with van der Waals surface area (Å²) in [5.74, 6) is 0.996. The maximum atomic E-state index is 9.54. The lowest BCUT2D eigenvalue weighted by Crippen LogP contribution is -2.03. The minimum atomic E-state index is -0.435. The number of rotatable bonds is 2. The van der Waals surface area contributed by atoms with Gasteiger partial charge in [0.1, 0.15) is 0 Å². The first-order valence-electron chi connectivity index (χ1n) is 4.46. The van der Waals surface area contributed by atoms with Crippen molar-refractivity contribution in [2.24, 2.45) is 0 Å². The highest BCUT2D eigenvalue weighted by molar-refractivity contribution is 5.54. The second-order valence-corrected chi connectivity index (χ2v) is 3.40. The molecule has 1 aliphatic rings. The molecule has 1 atom stereocenters. The van der Waals surface area contributed by atoms with Crippen molar-refractivity contribution in [1.82, 2.24) is 0 Å². The Balaban J connectivity index is 2.32. The number of phenolic OH excluding ortho intramolecular Hbond substituents is 1. The lowest BCUT2D eigenvalue weighted by atomic mass is 10.1. The van der Waals surface area contributed by atoms with Crippen LogP contribution in [0.4, 0.5) is 0 Å². The molecular weight excluding hydrogens is 184 g/mol. The van der Waals surface area contributed by atoms with E-state index in [2.05, 4.69) is 0 Å². The minimum Gasteiger partial charge on any atom is -0.504 e. The largest absolute Gasteiger partial charge is 0.504 e. The Hall–Kier alpha value is -1.42. The van der Waals surface area contributed by atoms with Crippen LogP contribution in [0.2, 0.25) is 0 Å². The van der Waals surface area contributed by atoms with Gasteiger partial charge in [0.25, 0.3) is 0 Å². The molecule has 1 unspecified atom stereocenters. The summed E-state index contributed by atoms with van der Waals surface area (Å²) in [5, 5.41) is 18.7. The van der Waals surface area contributed by atoms with Crippen molar-refractivity contribution in [2.45, 2.75) is 19.4 Å². The van der Waals surface area contributed by atoms with Crippen LogP contribution in [0.15, 0.2) is 12.1 Å². The first-order valence-corrected chi connectivity index (χ1v) is 4.46. The number of phenols is 1. The smallest absolute Gasteiger partial charge is 0.231 e. The lowest BCUT2D eigenvalue weighted by molar-refractivity contribution is 0.171. The number of ether oxygens (including phenoxy) is 2. The molecule has 2 N–H and O–H groups in total. The van der Waals surface area contributed by atoms with Crippen LogP contribution >= 0.6 is 0 Å². The molecule has 4 nitrogen and oxygen atoms in total. The van der Waals surface area contributed by atoms with Crippen LogP contribution in [-0.4, -0.2) is 23.1 Å². The van der Waals surface area contributed by atoms with Crippen LogP contribution in [0.5, 0.6) is 17.2 Å². The predicted molar refractivity (Wildman–Crippen MR) is 49.6 cm³/mol. The first kappa shape index (κ1) is 9.15. The molecule has 0 saturated heterocycles. The van der Waals surface area contributed by atoms with Crippen molar-refractivity contribution in [3.63, 3.8) is 0 Å². The summed E-state index contributed by atoms with van der Waals surface area (Å²) in [6, 6.07) is 3.36. The van der Waals surface area contributed by atoms with Crippen molar-refractivity contribution >= 4 is 0 Å². The summed E-state index contributed by atoms with van der Waals surface area (Å²) < 4.78 is 10.2. The van der Waals surface area contributed by atoms with Gasteiger partial charge >= 0.3 is 0 Å². The Bertz CT molecular complexity index is 346. The second kappa shape index (κ2) is 3.38. The number of fused-ring (bicyclic) bond motifs is 1. The van der Waals surface area contributed by atoms with Crippen molar-refractivity contribution in [2.75, 3.05) is 6.79 Å². The Morgan fingerprint density at radius 1 is 1.43 bits per heavy atom. The molecule has 0 saturated carbocycles. The molecule has 0 amide bonds. The van der Waals surface area contributed by atoms with Gasteiger partial charge in [-0.05, 0) is 31.0 Å². The fourth-order valence-electron chi connectivity index (χ4n) is 1.51. The monoisotopic (exact) mass is 196 g/mol. The van der Waals surface area contributed by atoms with E-state index in [4.69, 9.17) is 9.47 Å². The van der Waals surface area contributed by atoms with Gasteiger partial charge in [0, 0.05) is 0 Å². The maximum Gasteiger partial charge on any atom is 0.231 e. The van der Waals surface area contributed by atoms with Gasteiger partial charge in [-0.2, -0.15) is 0 Å². The van der Waals surface area contributed by atoms with Crippen molar-refractivity contribution in [1.29, 1.82) is 0 Å². The molecule has 14 heavy (non-hydrogen) atoms. The highest BCUT2D eigenvalue weighted by Gasteiger charge is 2.19. The molecule has 1 aromatic rings. The molecule has 1 aromatic carbocycles. The second-order valence-electron chi connectivity index (χ2n) is 3.40. The third-order valence-electron chi connectivity index (χ3n) is 2.04. The molecule has 0 fully saturated rings. The fraction of sp³-hybridized carbons (Fsp3) is 0.400. The number of hydrogen-bond donors (Lipinski definition) is 2. The normalized spacial score (nSPS) is 15.6. The molecule has 4 heteroatoms. The van der Waals surface area contributed by atoms with E-state index in [1.165, 1.54) is 0 Å². The molecule has 76 valence electrons. The summed E-state index contributed by atoms with van der Waals surface area (Å²) in [4.78, 5) is 0. The topological polar surface area (TPSA) is 58.9 Å². The standard InChI is InChI=1S/C10H12O4/c1-6(11)2-7-3-8(12)10-9(4-7)13-5-14-10/h3-4,6,11-12H,2,5H2,1H3. The van der Waals surface area contributed by atoms with Gasteiger partial charge in [-0.15, -0.1) is 0 Å². The van der Waals surface area contributed by atoms with E-state index in [0.717, 1.165) is 5.56 Å². The van der Waals surface area contributed by atoms with E-state index in [0.29, 0.717) is 17.9 Å². The van der Waals surface area contributed by atoms with Gasteiger partial charge in [-0.3, -0.25) is 0 Å². The zero-order valence-electron chi connectivity index (χ0n) is 7.86. The number of benzene rings is 1. The zero-order valence-corrected chi connectivity index (χ0v) is 7.86. The van der Waals surface area contributed by atoms with Gasteiger partial charge in [0.15, 0.2) is 11.5 Å². The van der Waals surface area contributed by atoms with Crippen molar-refractivity contribution in [3.05, 3.63) is 17.7 Å². The summed E-state index contributed by atoms with van der Waals surface area (Å²) in [6.45, 7) is 1.84. The first-order chi connectivity index (χ1) is 6.66. The van der Waals surface area contributed by atoms with Crippen LogP contribution in [0.1, 0.15) is 12.5 Å². The van der Waals surface area contributed by atoms with Crippen LogP contribution in [0.25, 0.3) is 0 Å². The highest BCUT2D eigenvalue weighted by atomic mass is 16.7. The quantitative estimate of drug-likeness (QED) is 0.742. The molecular formula is C10H12O4. The van der Waals surface area contributed by atoms with Gasteiger partial charge in [0.2, 0.25) is 12.5 Å². The zero-order chi connectivity index (χ0) is 10.1. The number of aliphatic hydroxyl groups excluding tert-OH is 1. The molecule has 2 rings (SSSR count). The summed E-state index contributed by atoms with van der Waals surface area (Å²) >= 11 is 0. The van der Waals surface area contributed by atoms with Gasteiger partial charge in [-0.1, -0.05) is 0 Å². The predicted octanol–water partition coefficient (Wildman–Crippen LogP) is 1.04. The van der Waals surface area contributed by atoms with Gasteiger partial charge in [-0.25, -0.2) is 0 Å². The summed E-state index contributed by atoms with van der Waals surface area (Å²) in [5.41, 5.74) is 0.835. The average molecular weight is 196 g/mol. The van der Waals surface area contributed by atoms with Crippen LogP contribution in [0.3, 0.4) is 0 Å². The number of aliphatic hydroxyl groups is 1. The van der Waals surface area contributed by atoms with Crippen molar-refractivity contribution in [3.8, 4) is 17.2 Å². The Labute approximate surface area is 81.7 Å². The molecule has 0 bridgehead atoms. The van der Waals surface area contributed by atoms with E-state index in [1.54, 1.807) is 19.1 Å². The number of aromatic hydroxyl groups is 1. The van der Waals surface area contributed by atoms with Crippen LogP contribution in [0, 0.1) is 0 Å². The van der Waals surface area contributed by atoms with E-state index < -0.39 is 6.10 Å². The molecule has 0 radical (unpaired) electrons. The van der Waals surface area contributed by atoms with Gasteiger partial charge < -0.3 is 19.7 Å². The Kier molecular flexibility index (Phi) is 2.21. The fourth-order valence-corrected chi connectivity index (χ4v) is 1.51. The molecule has 0 aliphatic carbocycles. The van der Waals surface area contributed by atoms with E-state index >= 15 is 0 Å². The summed E-state index contributed by atoms with van der Waals surface area (Å²) in [6.07, 6.45) is 0.0549. The van der Waals surface area contributed by atoms with Crippen LogP contribution in [-0.2, 0) is 6.42 Å². The Morgan fingerprint density at radius 3 is 2.93 bits per heavy atom. The maximum absolute atomic E-state index is 9.54. The van der Waals surface area contributed by atoms with E-state index in [9.17, 15) is 10.2 Å². The number of hydrogen-bond acceptors (Lipinski definition) is 4. The third-order valence-corrected chi connectivity index (χ3v) is 2.04. The summed E-state index contributed by atoms with van der Waals surface area (Å²) in [7, 11) is 0. The average Bonchev–Trinajstić information content (AvgIpc) is 2.50. The van der Waals surface area contributed by atoms with Gasteiger partial charge in [0.05, 0.1) is 6.10 Å². The van der Waals surface area contributed by atoms with E-state index in [-0.39, 0.29) is 12.5 Å². The SMILES string of the molecule is CC(O)Cc1cc(O)c2c(c1)OCO2. The lowest BCUT2D eigenvalue weighted by Gasteiger charge is -2.06. The van der Waals surface area contributed by atoms with Crippen LogP contribution < -0.4 is 9.47 Å². The minimum absolute atomic E-state index is 0.0654. The highest BCUT2D eigenvalue weighted by Crippen LogP contribution is 2.41. The Morgan fingerprint density at radius 2 is 2.21 bits per heavy atom.